The minimum absolute atomic E-state index is 0.175. The number of nitrogens with two attached hydrogens (primary N) is 1. The zero-order valence-corrected chi connectivity index (χ0v) is 18.5. The number of rotatable bonds is 6. The van der Waals surface area contributed by atoms with E-state index in [-0.39, 0.29) is 4.90 Å². The molecule has 0 radical (unpaired) electrons. The summed E-state index contributed by atoms with van der Waals surface area (Å²) in [7, 11) is -4.12. The maximum absolute atomic E-state index is 10.6. The summed E-state index contributed by atoms with van der Waals surface area (Å²) in [6.45, 7) is 5.44. The third kappa shape index (κ3) is 7.78. The molecule has 162 valence electrons. The summed E-state index contributed by atoms with van der Waals surface area (Å²) in [5.74, 6) is 0. The number of nitriles is 1. The molecule has 0 aliphatic rings. The highest BCUT2D eigenvalue weighted by Gasteiger charge is 2.09. The highest BCUT2D eigenvalue weighted by atomic mass is 32.2. The molecule has 3 rings (SSSR count). The first-order chi connectivity index (χ1) is 14.7. The second-order valence-electron chi connectivity index (χ2n) is 7.15. The lowest BCUT2D eigenvalue weighted by Crippen LogP contribution is -2.23. The normalized spacial score (nSPS) is 10.5. The quantitative estimate of drug-likeness (QED) is 0.426. The number of aryl methyl sites for hydroxylation is 2. The predicted molar refractivity (Wildman–Crippen MR) is 124 cm³/mol. The molecule has 3 N–H and O–H groups in total. The molecule has 7 heteroatoms. The number of nitrogen functional groups attached to an aromatic ring is 1. The molecule has 0 aromatic heterocycles. The molecule has 6 nitrogen and oxygen atoms in total. The van der Waals surface area contributed by atoms with Crippen molar-refractivity contribution in [3.8, 4) is 6.07 Å². The van der Waals surface area contributed by atoms with Crippen molar-refractivity contribution in [1.29, 1.82) is 5.26 Å². The summed E-state index contributed by atoms with van der Waals surface area (Å²) in [6, 6.07) is 25.1. The van der Waals surface area contributed by atoms with Gasteiger partial charge in [0.2, 0.25) is 0 Å². The summed E-state index contributed by atoms with van der Waals surface area (Å²) in [4.78, 5) is 2.08. The van der Waals surface area contributed by atoms with Gasteiger partial charge in [0.25, 0.3) is 10.1 Å². The van der Waals surface area contributed by atoms with Crippen LogP contribution in [0.1, 0.15) is 23.1 Å². The fourth-order valence-electron chi connectivity index (χ4n) is 2.89. The molecule has 0 atom stereocenters. The van der Waals surface area contributed by atoms with Crippen LogP contribution in [0.25, 0.3) is 0 Å². The summed E-state index contributed by atoms with van der Waals surface area (Å²) >= 11 is 0. The number of benzene rings is 3. The van der Waals surface area contributed by atoms with Gasteiger partial charge in [0.1, 0.15) is 0 Å². The Balaban J connectivity index is 0.000000245. The van der Waals surface area contributed by atoms with Crippen molar-refractivity contribution in [2.24, 2.45) is 0 Å². The lowest BCUT2D eigenvalue weighted by atomic mass is 10.1. The Bertz CT molecular complexity index is 1140. The van der Waals surface area contributed by atoms with Crippen molar-refractivity contribution in [3.63, 3.8) is 0 Å². The zero-order chi connectivity index (χ0) is 22.9. The van der Waals surface area contributed by atoms with Crippen LogP contribution in [0.2, 0.25) is 0 Å². The van der Waals surface area contributed by atoms with E-state index in [0.29, 0.717) is 12.1 Å². The number of hydrogen-bond donors (Lipinski definition) is 2. The van der Waals surface area contributed by atoms with Crippen LogP contribution < -0.4 is 10.6 Å². The Morgan fingerprint density at radius 3 is 2.29 bits per heavy atom. The van der Waals surface area contributed by atoms with Crippen LogP contribution in [-0.4, -0.2) is 19.5 Å². The van der Waals surface area contributed by atoms with E-state index < -0.39 is 10.1 Å². The highest BCUT2D eigenvalue weighted by Crippen LogP contribution is 2.19. The first kappa shape index (κ1) is 23.9. The molecule has 0 amide bonds. The van der Waals surface area contributed by atoms with Crippen LogP contribution in [0.4, 0.5) is 11.4 Å². The average molecular weight is 438 g/mol. The molecular formula is C24H27N3O3S. The van der Waals surface area contributed by atoms with Crippen molar-refractivity contribution in [3.05, 3.63) is 89.5 Å². The second kappa shape index (κ2) is 11.2. The molecule has 0 aliphatic heterocycles. The Kier molecular flexibility index (Phi) is 8.62. The van der Waals surface area contributed by atoms with E-state index in [9.17, 15) is 8.42 Å². The molecule has 0 unspecified atom stereocenters. The van der Waals surface area contributed by atoms with Gasteiger partial charge in [-0.15, -0.1) is 0 Å². The lowest BCUT2D eigenvalue weighted by Gasteiger charge is -2.24. The van der Waals surface area contributed by atoms with Gasteiger partial charge in [0, 0.05) is 24.5 Å². The van der Waals surface area contributed by atoms with Gasteiger partial charge in [0.15, 0.2) is 0 Å². The van der Waals surface area contributed by atoms with Crippen LogP contribution in [0.15, 0.2) is 77.7 Å². The van der Waals surface area contributed by atoms with E-state index in [1.807, 2.05) is 18.2 Å². The fourth-order valence-corrected chi connectivity index (χ4v) is 3.41. The van der Waals surface area contributed by atoms with Gasteiger partial charge in [-0.25, -0.2) is 0 Å². The smallest absolute Gasteiger partial charge is 0.294 e. The molecule has 3 aromatic rings. The average Bonchev–Trinajstić information content (AvgIpc) is 2.73. The lowest BCUT2D eigenvalue weighted by molar-refractivity contribution is 0.483. The van der Waals surface area contributed by atoms with Gasteiger partial charge < -0.3 is 10.6 Å². The first-order valence-corrected chi connectivity index (χ1v) is 11.2. The topological polar surface area (TPSA) is 107 Å². The third-order valence-corrected chi connectivity index (χ3v) is 5.47. The SMILES string of the molecule is Cc1ccc(S(=O)(=O)O)cc1N.Cc1cccc(N(CCC#N)Cc2ccccc2)c1. The molecule has 0 spiro atoms. The monoisotopic (exact) mass is 437 g/mol. The zero-order valence-electron chi connectivity index (χ0n) is 17.7. The van der Waals surface area contributed by atoms with Crippen LogP contribution in [0, 0.1) is 25.2 Å². The molecule has 0 heterocycles. The highest BCUT2D eigenvalue weighted by molar-refractivity contribution is 7.85. The van der Waals surface area contributed by atoms with Crippen LogP contribution >= 0.6 is 0 Å². The summed E-state index contributed by atoms with van der Waals surface area (Å²) in [6.07, 6.45) is 0.542. The van der Waals surface area contributed by atoms with Gasteiger partial charge in [0.05, 0.1) is 17.4 Å². The maximum atomic E-state index is 10.6. The van der Waals surface area contributed by atoms with E-state index in [2.05, 4.69) is 54.3 Å². The number of anilines is 2. The molecule has 0 saturated carbocycles. The number of nitrogens with zero attached hydrogens (tertiary/aromatic N) is 2. The predicted octanol–water partition coefficient (Wildman–Crippen LogP) is 4.74. The minimum atomic E-state index is -4.12. The second-order valence-corrected chi connectivity index (χ2v) is 8.57. The largest absolute Gasteiger partial charge is 0.398 e. The van der Waals surface area contributed by atoms with Gasteiger partial charge in [-0.1, -0.05) is 48.5 Å². The van der Waals surface area contributed by atoms with Gasteiger partial charge >= 0.3 is 0 Å². The molecule has 0 saturated heterocycles. The Hall–Kier alpha value is -3.34. The molecule has 0 aliphatic carbocycles. The fraction of sp³-hybridized carbons (Fsp3) is 0.208. The third-order valence-electron chi connectivity index (χ3n) is 4.63. The molecule has 3 aromatic carbocycles. The van der Waals surface area contributed by atoms with Crippen LogP contribution in [0.3, 0.4) is 0 Å². The van der Waals surface area contributed by atoms with Crippen LogP contribution in [0.5, 0.6) is 0 Å². The maximum Gasteiger partial charge on any atom is 0.294 e. The van der Waals surface area contributed by atoms with Crippen molar-refractivity contribution in [2.75, 3.05) is 17.2 Å². The summed E-state index contributed by atoms with van der Waals surface area (Å²) in [5.41, 5.74) is 10.3. The standard InChI is InChI=1S/C17H18N2.C7H9NO3S/c1-15-7-5-10-17(13-15)19(12-6-11-18)14-16-8-3-2-4-9-16;1-5-2-3-6(4-7(5)8)12(9,10)11/h2-5,7-10,13H,6,12,14H2,1H3;2-4H,8H2,1H3,(H,9,10,11). The summed E-state index contributed by atoms with van der Waals surface area (Å²) < 4.78 is 29.8. The van der Waals surface area contributed by atoms with Crippen molar-refractivity contribution in [2.45, 2.75) is 31.7 Å². The van der Waals surface area contributed by atoms with E-state index in [1.165, 1.54) is 28.9 Å². The Labute approximate surface area is 184 Å². The van der Waals surface area contributed by atoms with Gasteiger partial charge in [-0.3, -0.25) is 4.55 Å². The van der Waals surface area contributed by atoms with Crippen molar-refractivity contribution in [1.82, 2.24) is 0 Å². The molecule has 31 heavy (non-hydrogen) atoms. The Morgan fingerprint density at radius 2 is 1.71 bits per heavy atom. The first-order valence-electron chi connectivity index (χ1n) is 9.77. The van der Waals surface area contributed by atoms with Crippen molar-refractivity contribution < 1.29 is 13.0 Å². The van der Waals surface area contributed by atoms with E-state index in [4.69, 9.17) is 15.5 Å². The van der Waals surface area contributed by atoms with E-state index in [0.717, 1.165) is 18.7 Å². The Morgan fingerprint density at radius 1 is 1.00 bits per heavy atom. The van der Waals surface area contributed by atoms with Crippen molar-refractivity contribution >= 4 is 21.5 Å². The molecule has 0 bridgehead atoms. The van der Waals surface area contributed by atoms with E-state index in [1.54, 1.807) is 13.0 Å². The number of hydrogen-bond acceptors (Lipinski definition) is 5. The minimum Gasteiger partial charge on any atom is -0.398 e. The summed E-state index contributed by atoms with van der Waals surface area (Å²) in [5, 5.41) is 8.81. The van der Waals surface area contributed by atoms with Gasteiger partial charge in [-0.05, 0) is 54.8 Å². The molecule has 0 fully saturated rings. The molecular weight excluding hydrogens is 410 g/mol. The van der Waals surface area contributed by atoms with Gasteiger partial charge in [-0.2, -0.15) is 13.7 Å². The van der Waals surface area contributed by atoms with E-state index >= 15 is 0 Å². The van der Waals surface area contributed by atoms with Crippen LogP contribution in [-0.2, 0) is 16.7 Å².